The van der Waals surface area contributed by atoms with Crippen LogP contribution in [0, 0.1) is 0 Å². The predicted molar refractivity (Wildman–Crippen MR) is 113 cm³/mol. The maximum atomic E-state index is 9.24. The maximum Gasteiger partial charge on any atom is 0.231 e. The number of anilines is 3. The summed E-state index contributed by atoms with van der Waals surface area (Å²) in [5, 5.41) is 12.5. The molecule has 1 atom stereocenters. The third-order valence-corrected chi connectivity index (χ3v) is 5.51. The van der Waals surface area contributed by atoms with E-state index in [9.17, 15) is 5.11 Å². The fraction of sp³-hybridized carbons (Fsp3) is 0.227. The fourth-order valence-electron chi connectivity index (χ4n) is 4.16. The lowest BCUT2D eigenvalue weighted by Gasteiger charge is -2.14. The van der Waals surface area contributed by atoms with Crippen molar-refractivity contribution in [3.63, 3.8) is 0 Å². The summed E-state index contributed by atoms with van der Waals surface area (Å²) in [5.41, 5.74) is 12.3. The van der Waals surface area contributed by atoms with E-state index in [4.69, 9.17) is 5.73 Å². The molecule has 0 aliphatic heterocycles. The fourth-order valence-corrected chi connectivity index (χ4v) is 4.16. The van der Waals surface area contributed by atoms with E-state index in [-0.39, 0.29) is 6.61 Å². The minimum atomic E-state index is 0.00301. The minimum absolute atomic E-state index is 0.00301. The lowest BCUT2D eigenvalue weighted by molar-refractivity contribution is 0.277. The molecule has 7 heteroatoms. The Bertz CT molecular complexity index is 1190. The van der Waals surface area contributed by atoms with E-state index in [0.717, 1.165) is 18.5 Å². The molecule has 2 aromatic heterocycles. The molecule has 0 radical (unpaired) electrons. The van der Waals surface area contributed by atoms with Crippen LogP contribution in [0.5, 0.6) is 0 Å². The summed E-state index contributed by atoms with van der Waals surface area (Å²) >= 11 is 0. The third kappa shape index (κ3) is 3.19. The second-order valence-electron chi connectivity index (χ2n) is 7.31. The number of rotatable bonds is 5. The van der Waals surface area contributed by atoms with E-state index >= 15 is 0 Å². The molecular formula is C22H22N6O. The van der Waals surface area contributed by atoms with Crippen LogP contribution in [-0.4, -0.2) is 31.2 Å². The van der Waals surface area contributed by atoms with E-state index < -0.39 is 0 Å². The summed E-state index contributed by atoms with van der Waals surface area (Å²) in [5.74, 6) is 1.14. The number of aliphatic hydroxyl groups is 1. The summed E-state index contributed by atoms with van der Waals surface area (Å²) in [7, 11) is 0. The predicted octanol–water partition coefficient (Wildman–Crippen LogP) is 3.22. The van der Waals surface area contributed by atoms with Crippen molar-refractivity contribution in [2.75, 3.05) is 17.7 Å². The number of hydrogen-bond acceptors (Lipinski definition) is 6. The van der Waals surface area contributed by atoms with Crippen LogP contribution in [-0.2, 0) is 13.0 Å². The van der Waals surface area contributed by atoms with Gasteiger partial charge < -0.3 is 20.7 Å². The molecule has 4 aromatic rings. The molecule has 1 aliphatic rings. The molecule has 5 rings (SSSR count). The number of imidazole rings is 1. The van der Waals surface area contributed by atoms with Crippen LogP contribution in [0.2, 0.25) is 0 Å². The van der Waals surface area contributed by atoms with Crippen molar-refractivity contribution in [3.8, 4) is 0 Å². The van der Waals surface area contributed by atoms with Crippen molar-refractivity contribution in [1.29, 1.82) is 0 Å². The smallest absolute Gasteiger partial charge is 0.231 e. The largest absolute Gasteiger partial charge is 0.395 e. The number of nitrogens with zero attached hydrogens (tertiary/aromatic N) is 4. The standard InChI is InChI=1S/C22H22N6O/c23-20-19-21(28(10-11-29)13-24-19)27-22(26-20)25-16-6-3-5-15(12-16)18-9-8-14-4-1-2-7-17(14)18/h1-7,12-13,18,29H,8-11H2,(H3,23,25,26,27). The molecule has 0 saturated carbocycles. The molecule has 7 nitrogen and oxygen atoms in total. The van der Waals surface area contributed by atoms with Crippen LogP contribution in [0.15, 0.2) is 54.9 Å². The van der Waals surface area contributed by atoms with Gasteiger partial charge in [0.15, 0.2) is 11.5 Å². The molecule has 1 aliphatic carbocycles. The minimum Gasteiger partial charge on any atom is -0.395 e. The van der Waals surface area contributed by atoms with Crippen molar-refractivity contribution in [1.82, 2.24) is 19.5 Å². The van der Waals surface area contributed by atoms with Crippen LogP contribution >= 0.6 is 0 Å². The maximum absolute atomic E-state index is 9.24. The Morgan fingerprint density at radius 1 is 1.14 bits per heavy atom. The molecular weight excluding hydrogens is 364 g/mol. The van der Waals surface area contributed by atoms with Crippen molar-refractivity contribution in [2.45, 2.75) is 25.3 Å². The van der Waals surface area contributed by atoms with Crippen molar-refractivity contribution >= 4 is 28.6 Å². The monoisotopic (exact) mass is 386 g/mol. The third-order valence-electron chi connectivity index (χ3n) is 5.51. The van der Waals surface area contributed by atoms with Crippen molar-refractivity contribution in [3.05, 3.63) is 71.5 Å². The van der Waals surface area contributed by atoms with E-state index in [2.05, 4.69) is 62.7 Å². The number of nitrogens with one attached hydrogen (secondary N) is 1. The molecule has 0 fully saturated rings. The van der Waals surface area contributed by atoms with Crippen LogP contribution in [0.3, 0.4) is 0 Å². The SMILES string of the molecule is Nc1nc(Nc2cccc(C3CCc4ccccc43)c2)nc2c1ncn2CCO. The summed E-state index contributed by atoms with van der Waals surface area (Å²) in [4.78, 5) is 13.2. The molecule has 2 aromatic carbocycles. The molecule has 29 heavy (non-hydrogen) atoms. The van der Waals surface area contributed by atoms with Gasteiger partial charge in [0, 0.05) is 18.2 Å². The van der Waals surface area contributed by atoms with Gasteiger partial charge in [-0.1, -0.05) is 36.4 Å². The molecule has 0 saturated heterocycles. The topological polar surface area (TPSA) is 102 Å². The Morgan fingerprint density at radius 2 is 2.03 bits per heavy atom. The first kappa shape index (κ1) is 17.6. The highest BCUT2D eigenvalue weighted by Gasteiger charge is 2.23. The molecule has 2 heterocycles. The number of hydrogen-bond donors (Lipinski definition) is 3. The number of aliphatic hydroxyl groups excluding tert-OH is 1. The Balaban J connectivity index is 1.46. The zero-order valence-electron chi connectivity index (χ0n) is 15.9. The Labute approximate surface area is 168 Å². The van der Waals surface area contributed by atoms with Gasteiger partial charge in [-0.15, -0.1) is 0 Å². The molecule has 0 amide bonds. The van der Waals surface area contributed by atoms with E-state index in [1.165, 1.54) is 16.7 Å². The van der Waals surface area contributed by atoms with Gasteiger partial charge in [0.05, 0.1) is 12.9 Å². The van der Waals surface area contributed by atoms with Gasteiger partial charge in [0.25, 0.3) is 0 Å². The van der Waals surface area contributed by atoms with Gasteiger partial charge in [0.2, 0.25) is 5.95 Å². The highest BCUT2D eigenvalue weighted by molar-refractivity contribution is 5.83. The Hall–Kier alpha value is -3.45. The number of nitrogen functional groups attached to an aromatic ring is 1. The highest BCUT2D eigenvalue weighted by atomic mass is 16.3. The molecule has 0 bridgehead atoms. The Kier molecular flexibility index (Phi) is 4.37. The normalized spacial score (nSPS) is 15.6. The Morgan fingerprint density at radius 3 is 2.93 bits per heavy atom. The van der Waals surface area contributed by atoms with Crippen molar-refractivity contribution in [2.24, 2.45) is 0 Å². The van der Waals surface area contributed by atoms with E-state index in [0.29, 0.717) is 35.4 Å². The number of nitrogens with two attached hydrogens (primary N) is 1. The van der Waals surface area contributed by atoms with Gasteiger partial charge in [0.1, 0.15) is 5.52 Å². The lowest BCUT2D eigenvalue weighted by Crippen LogP contribution is -2.06. The first-order valence-corrected chi connectivity index (χ1v) is 9.77. The zero-order valence-corrected chi connectivity index (χ0v) is 15.9. The van der Waals surface area contributed by atoms with Gasteiger partial charge in [-0.2, -0.15) is 9.97 Å². The summed E-state index contributed by atoms with van der Waals surface area (Å²) in [6.07, 6.45) is 3.86. The molecule has 4 N–H and O–H groups in total. The van der Waals surface area contributed by atoms with Crippen LogP contribution in [0.4, 0.5) is 17.5 Å². The number of aryl methyl sites for hydroxylation is 1. The van der Waals surface area contributed by atoms with Crippen LogP contribution < -0.4 is 11.1 Å². The van der Waals surface area contributed by atoms with E-state index in [1.807, 2.05) is 6.07 Å². The number of aromatic nitrogens is 4. The summed E-state index contributed by atoms with van der Waals surface area (Å²) in [6.45, 7) is 0.409. The average molecular weight is 386 g/mol. The quantitative estimate of drug-likeness (QED) is 0.487. The van der Waals surface area contributed by atoms with E-state index in [1.54, 1.807) is 10.9 Å². The second-order valence-corrected chi connectivity index (χ2v) is 7.31. The zero-order chi connectivity index (χ0) is 19.8. The lowest BCUT2D eigenvalue weighted by atomic mass is 9.93. The summed E-state index contributed by atoms with van der Waals surface area (Å²) < 4.78 is 1.77. The molecule has 146 valence electrons. The second kappa shape index (κ2) is 7.18. The van der Waals surface area contributed by atoms with Crippen molar-refractivity contribution < 1.29 is 5.11 Å². The first-order chi connectivity index (χ1) is 14.2. The van der Waals surface area contributed by atoms with Gasteiger partial charge in [-0.3, -0.25) is 0 Å². The van der Waals surface area contributed by atoms with Gasteiger partial charge in [-0.25, -0.2) is 4.98 Å². The summed E-state index contributed by atoms with van der Waals surface area (Å²) in [6, 6.07) is 17.1. The van der Waals surface area contributed by atoms with Gasteiger partial charge >= 0.3 is 0 Å². The first-order valence-electron chi connectivity index (χ1n) is 9.77. The van der Waals surface area contributed by atoms with Crippen LogP contribution in [0.25, 0.3) is 11.2 Å². The average Bonchev–Trinajstić information content (AvgIpc) is 3.33. The van der Waals surface area contributed by atoms with Gasteiger partial charge in [-0.05, 0) is 41.7 Å². The molecule has 1 unspecified atom stereocenters. The highest BCUT2D eigenvalue weighted by Crippen LogP contribution is 2.38. The molecule has 0 spiro atoms. The number of benzene rings is 2. The van der Waals surface area contributed by atoms with Crippen LogP contribution in [0.1, 0.15) is 29.0 Å². The number of fused-ring (bicyclic) bond motifs is 2.